The number of carbonyl (C=O) groups excluding carboxylic acids is 1. The highest BCUT2D eigenvalue weighted by molar-refractivity contribution is 5.94. The van der Waals surface area contributed by atoms with Gasteiger partial charge in [0.1, 0.15) is 11.9 Å². The van der Waals surface area contributed by atoms with Gasteiger partial charge in [0.05, 0.1) is 18.8 Å². The normalized spacial score (nSPS) is 16.0. The lowest BCUT2D eigenvalue weighted by Crippen LogP contribution is -2.31. The Hall–Kier alpha value is -2.99. The van der Waals surface area contributed by atoms with Crippen LogP contribution in [0.25, 0.3) is 0 Å². The van der Waals surface area contributed by atoms with Gasteiger partial charge in [0, 0.05) is 18.3 Å². The summed E-state index contributed by atoms with van der Waals surface area (Å²) in [6.45, 7) is 1.62. The van der Waals surface area contributed by atoms with E-state index in [1.54, 1.807) is 0 Å². The van der Waals surface area contributed by atoms with E-state index >= 15 is 0 Å². The number of aromatic nitrogens is 2. The predicted octanol–water partition coefficient (Wildman–Crippen LogP) is 3.11. The first-order valence-electron chi connectivity index (χ1n) is 8.94. The first kappa shape index (κ1) is 17.4. The van der Waals surface area contributed by atoms with Gasteiger partial charge in [-0.3, -0.25) is 9.48 Å². The SMILES string of the molecule is O=C(NCC1OCCc2cn(Cc3ccccc3)nc21)c1ccc(F)cc1. The van der Waals surface area contributed by atoms with Gasteiger partial charge >= 0.3 is 0 Å². The molecule has 2 aromatic carbocycles. The number of halogens is 1. The average Bonchev–Trinajstić information content (AvgIpc) is 3.10. The molecule has 0 fully saturated rings. The maximum atomic E-state index is 13.0. The standard InChI is InChI=1S/C21H20FN3O2/c22-18-8-6-16(7-9-18)21(26)23-12-19-20-17(10-11-27-19)14-25(24-20)13-15-4-2-1-3-5-15/h1-9,14,19H,10-13H2,(H,23,26). The fraction of sp³-hybridized carbons (Fsp3) is 0.238. The van der Waals surface area contributed by atoms with Crippen LogP contribution in [0.1, 0.15) is 33.3 Å². The number of nitrogens with one attached hydrogen (secondary N) is 1. The van der Waals surface area contributed by atoms with Crippen molar-refractivity contribution in [2.24, 2.45) is 0 Å². The van der Waals surface area contributed by atoms with E-state index in [2.05, 4.69) is 28.7 Å². The van der Waals surface area contributed by atoms with Crippen LogP contribution in [0.2, 0.25) is 0 Å². The van der Waals surface area contributed by atoms with Gasteiger partial charge in [-0.25, -0.2) is 4.39 Å². The zero-order chi connectivity index (χ0) is 18.6. The first-order valence-corrected chi connectivity index (χ1v) is 8.94. The summed E-state index contributed by atoms with van der Waals surface area (Å²) in [5, 5.41) is 7.53. The van der Waals surface area contributed by atoms with Crippen molar-refractivity contribution >= 4 is 5.91 Å². The van der Waals surface area contributed by atoms with Crippen molar-refractivity contribution in [1.29, 1.82) is 0 Å². The van der Waals surface area contributed by atoms with E-state index in [1.165, 1.54) is 29.8 Å². The summed E-state index contributed by atoms with van der Waals surface area (Å²) < 4.78 is 20.7. The molecule has 0 radical (unpaired) electrons. The van der Waals surface area contributed by atoms with Crippen molar-refractivity contribution in [3.05, 3.63) is 89.0 Å². The van der Waals surface area contributed by atoms with Crippen LogP contribution in [0.4, 0.5) is 4.39 Å². The number of hydrogen-bond donors (Lipinski definition) is 1. The summed E-state index contributed by atoms with van der Waals surface area (Å²) in [7, 11) is 0. The monoisotopic (exact) mass is 365 g/mol. The third kappa shape index (κ3) is 4.06. The van der Waals surface area contributed by atoms with Gasteiger partial charge in [0.2, 0.25) is 0 Å². The van der Waals surface area contributed by atoms with E-state index in [9.17, 15) is 9.18 Å². The van der Waals surface area contributed by atoms with Crippen LogP contribution >= 0.6 is 0 Å². The van der Waals surface area contributed by atoms with Crippen molar-refractivity contribution in [3.63, 3.8) is 0 Å². The number of benzene rings is 2. The van der Waals surface area contributed by atoms with E-state index in [-0.39, 0.29) is 17.8 Å². The maximum Gasteiger partial charge on any atom is 0.251 e. The molecule has 0 aliphatic carbocycles. The third-order valence-electron chi connectivity index (χ3n) is 4.61. The molecule has 1 aromatic heterocycles. The number of nitrogens with zero attached hydrogens (tertiary/aromatic N) is 2. The van der Waals surface area contributed by atoms with E-state index in [4.69, 9.17) is 4.74 Å². The first-order chi connectivity index (χ1) is 13.2. The van der Waals surface area contributed by atoms with Gasteiger partial charge in [-0.2, -0.15) is 5.10 Å². The Morgan fingerprint density at radius 2 is 1.96 bits per heavy atom. The van der Waals surface area contributed by atoms with Gasteiger partial charge in [-0.15, -0.1) is 0 Å². The molecule has 0 saturated carbocycles. The van der Waals surface area contributed by atoms with E-state index in [0.29, 0.717) is 25.3 Å². The topological polar surface area (TPSA) is 56.1 Å². The summed E-state index contributed by atoms with van der Waals surface area (Å²) in [6, 6.07) is 15.6. The highest BCUT2D eigenvalue weighted by Gasteiger charge is 2.25. The second-order valence-electron chi connectivity index (χ2n) is 6.55. The van der Waals surface area contributed by atoms with Crippen LogP contribution in [-0.2, 0) is 17.7 Å². The molecule has 0 bridgehead atoms. The quantitative estimate of drug-likeness (QED) is 0.756. The Morgan fingerprint density at radius 3 is 2.74 bits per heavy atom. The molecule has 0 saturated heterocycles. The number of fused-ring (bicyclic) bond motifs is 1. The second kappa shape index (κ2) is 7.72. The second-order valence-corrected chi connectivity index (χ2v) is 6.55. The molecular weight excluding hydrogens is 345 g/mol. The molecule has 1 amide bonds. The third-order valence-corrected chi connectivity index (χ3v) is 4.61. The van der Waals surface area contributed by atoms with Gasteiger partial charge in [-0.05, 0) is 41.8 Å². The number of carbonyl (C=O) groups is 1. The lowest BCUT2D eigenvalue weighted by atomic mass is 10.1. The Balaban J connectivity index is 1.43. The van der Waals surface area contributed by atoms with Crippen LogP contribution in [0.15, 0.2) is 60.8 Å². The maximum absolute atomic E-state index is 13.0. The van der Waals surface area contributed by atoms with E-state index in [1.807, 2.05) is 22.9 Å². The van der Waals surface area contributed by atoms with Crippen LogP contribution in [0.5, 0.6) is 0 Å². The number of amides is 1. The van der Waals surface area contributed by atoms with Crippen LogP contribution in [-0.4, -0.2) is 28.8 Å². The molecule has 1 aliphatic rings. The highest BCUT2D eigenvalue weighted by Crippen LogP contribution is 2.25. The molecule has 1 atom stereocenters. The minimum absolute atomic E-state index is 0.255. The molecule has 6 heteroatoms. The minimum Gasteiger partial charge on any atom is -0.370 e. The Labute approximate surface area is 156 Å². The predicted molar refractivity (Wildman–Crippen MR) is 98.9 cm³/mol. The molecule has 4 rings (SSSR count). The summed E-state index contributed by atoms with van der Waals surface area (Å²) in [5.41, 5.74) is 3.62. The van der Waals surface area contributed by atoms with Gasteiger partial charge in [0.25, 0.3) is 5.91 Å². The van der Waals surface area contributed by atoms with Crippen molar-refractivity contribution < 1.29 is 13.9 Å². The molecule has 1 N–H and O–H groups in total. The summed E-state index contributed by atoms with van der Waals surface area (Å²) >= 11 is 0. The van der Waals surface area contributed by atoms with Crippen LogP contribution < -0.4 is 5.32 Å². The molecule has 27 heavy (non-hydrogen) atoms. The Morgan fingerprint density at radius 1 is 1.19 bits per heavy atom. The smallest absolute Gasteiger partial charge is 0.251 e. The largest absolute Gasteiger partial charge is 0.370 e. The molecule has 0 spiro atoms. The zero-order valence-corrected chi connectivity index (χ0v) is 14.8. The molecule has 138 valence electrons. The Kier molecular flexibility index (Phi) is 4.98. The molecule has 5 nitrogen and oxygen atoms in total. The van der Waals surface area contributed by atoms with E-state index in [0.717, 1.165) is 17.7 Å². The fourth-order valence-corrected chi connectivity index (χ4v) is 3.23. The molecule has 1 aliphatic heterocycles. The van der Waals surface area contributed by atoms with Gasteiger partial charge in [-0.1, -0.05) is 30.3 Å². The number of ether oxygens (including phenoxy) is 1. The molecular formula is C21H20FN3O2. The van der Waals surface area contributed by atoms with Crippen molar-refractivity contribution in [2.45, 2.75) is 19.1 Å². The van der Waals surface area contributed by atoms with Crippen molar-refractivity contribution in [3.8, 4) is 0 Å². The summed E-state index contributed by atoms with van der Waals surface area (Å²) in [4.78, 5) is 12.2. The van der Waals surface area contributed by atoms with Gasteiger partial charge in [0.15, 0.2) is 0 Å². The van der Waals surface area contributed by atoms with Gasteiger partial charge < -0.3 is 10.1 Å². The summed E-state index contributed by atoms with van der Waals surface area (Å²) in [5.74, 6) is -0.620. The van der Waals surface area contributed by atoms with Crippen molar-refractivity contribution in [1.82, 2.24) is 15.1 Å². The van der Waals surface area contributed by atoms with Crippen LogP contribution in [0, 0.1) is 5.82 Å². The average molecular weight is 365 g/mol. The number of hydrogen-bond acceptors (Lipinski definition) is 3. The lowest BCUT2D eigenvalue weighted by molar-refractivity contribution is 0.0383. The fourth-order valence-electron chi connectivity index (χ4n) is 3.23. The molecule has 2 heterocycles. The Bertz CT molecular complexity index is 922. The lowest BCUT2D eigenvalue weighted by Gasteiger charge is -2.22. The highest BCUT2D eigenvalue weighted by atomic mass is 19.1. The molecule has 1 unspecified atom stereocenters. The zero-order valence-electron chi connectivity index (χ0n) is 14.8. The number of rotatable bonds is 5. The summed E-state index contributed by atoms with van der Waals surface area (Å²) in [6.07, 6.45) is 2.58. The molecule has 3 aromatic rings. The minimum atomic E-state index is -0.365. The van der Waals surface area contributed by atoms with Crippen LogP contribution in [0.3, 0.4) is 0 Å². The van der Waals surface area contributed by atoms with E-state index < -0.39 is 0 Å². The van der Waals surface area contributed by atoms with Crippen molar-refractivity contribution in [2.75, 3.05) is 13.2 Å².